The number of hydrogen-bond acceptors (Lipinski definition) is 5. The molecule has 1 N–H and O–H groups in total. The quantitative estimate of drug-likeness (QED) is 0.609. The molecule has 1 saturated heterocycles. The van der Waals surface area contributed by atoms with Crippen molar-refractivity contribution in [1.29, 1.82) is 0 Å². The number of carbonyl (C=O) groups is 1. The van der Waals surface area contributed by atoms with Crippen molar-refractivity contribution < 1.29 is 24.1 Å². The number of methoxy groups -OCH3 is 1. The summed E-state index contributed by atoms with van der Waals surface area (Å²) in [5.74, 6) is 0.634. The lowest BCUT2D eigenvalue weighted by Crippen LogP contribution is -2.48. The molecule has 30 heavy (non-hydrogen) atoms. The minimum Gasteiger partial charge on any atom is -0.495 e. The fraction of sp³-hybridized carbons (Fsp3) is 0.250. The van der Waals surface area contributed by atoms with Crippen LogP contribution in [0.2, 0.25) is 0 Å². The van der Waals surface area contributed by atoms with Gasteiger partial charge in [0.05, 0.1) is 38.4 Å². The number of nitrogens with zero attached hydrogens (tertiary/aromatic N) is 1. The molecule has 0 aliphatic carbocycles. The van der Waals surface area contributed by atoms with Gasteiger partial charge in [-0.05, 0) is 41.0 Å². The number of rotatable bonds is 8. The van der Waals surface area contributed by atoms with Crippen molar-refractivity contribution in [3.63, 3.8) is 0 Å². The molecule has 0 bridgehead atoms. The molecule has 2 heterocycles. The smallest absolute Gasteiger partial charge is 0.304 e. The van der Waals surface area contributed by atoms with Crippen molar-refractivity contribution in [2.75, 3.05) is 20.3 Å². The second-order valence-corrected chi connectivity index (χ2v) is 7.47. The molecule has 6 heteroatoms. The number of aromatic nitrogens is 1. The average molecular weight is 405 g/mol. The van der Waals surface area contributed by atoms with Gasteiger partial charge in [-0.3, -0.25) is 9.78 Å². The van der Waals surface area contributed by atoms with Gasteiger partial charge in [0.1, 0.15) is 18.1 Å². The third-order valence-corrected chi connectivity index (χ3v) is 5.33. The van der Waals surface area contributed by atoms with Crippen LogP contribution in [0, 0.1) is 0 Å². The predicted octanol–water partition coefficient (Wildman–Crippen LogP) is 4.08. The lowest BCUT2D eigenvalue weighted by atomic mass is 9.76. The maximum atomic E-state index is 11.2. The summed E-state index contributed by atoms with van der Waals surface area (Å²) in [6.07, 6.45) is 3.55. The summed E-state index contributed by atoms with van der Waals surface area (Å²) in [7, 11) is 1.62. The highest BCUT2D eigenvalue weighted by molar-refractivity contribution is 5.69. The molecule has 4 rings (SSSR count). The van der Waals surface area contributed by atoms with Gasteiger partial charge in [0.2, 0.25) is 0 Å². The number of aliphatic carboxylic acids is 1. The SMILES string of the molecule is COc1cncc(-c2cccc(COc3ccc(C4(CC(=O)O)COC4)cc3)c2)c1. The predicted molar refractivity (Wildman–Crippen MR) is 112 cm³/mol. The molecule has 1 aliphatic heterocycles. The number of pyridine rings is 1. The van der Waals surface area contributed by atoms with E-state index in [1.54, 1.807) is 19.5 Å². The van der Waals surface area contributed by atoms with E-state index in [0.29, 0.717) is 25.6 Å². The van der Waals surface area contributed by atoms with Crippen molar-refractivity contribution in [3.8, 4) is 22.6 Å². The van der Waals surface area contributed by atoms with Gasteiger partial charge in [-0.25, -0.2) is 0 Å². The highest BCUT2D eigenvalue weighted by atomic mass is 16.5. The van der Waals surface area contributed by atoms with E-state index in [4.69, 9.17) is 14.2 Å². The number of carboxylic acids is 1. The highest BCUT2D eigenvalue weighted by Gasteiger charge is 2.42. The first-order valence-electron chi connectivity index (χ1n) is 9.69. The number of benzene rings is 2. The summed E-state index contributed by atoms with van der Waals surface area (Å²) in [5.41, 5.74) is 3.60. The summed E-state index contributed by atoms with van der Waals surface area (Å²) < 4.78 is 16.5. The van der Waals surface area contributed by atoms with Crippen molar-refractivity contribution in [1.82, 2.24) is 4.98 Å². The van der Waals surface area contributed by atoms with E-state index < -0.39 is 11.4 Å². The molecule has 0 amide bonds. The summed E-state index contributed by atoms with van der Waals surface area (Å²) in [4.78, 5) is 15.4. The standard InChI is InChI=1S/C24H23NO5/c1-28-22-10-19(12-25-13-22)18-4-2-3-17(9-18)14-30-21-7-5-20(6-8-21)24(11-23(26)27)15-29-16-24/h2-10,12-13H,11,14-16H2,1H3,(H,26,27). The van der Waals surface area contributed by atoms with Gasteiger partial charge < -0.3 is 19.3 Å². The summed E-state index contributed by atoms with van der Waals surface area (Å²) in [6.45, 7) is 1.30. The minimum absolute atomic E-state index is 0.0686. The van der Waals surface area contributed by atoms with Crippen molar-refractivity contribution in [3.05, 3.63) is 78.1 Å². The zero-order valence-corrected chi connectivity index (χ0v) is 16.7. The minimum atomic E-state index is -0.815. The van der Waals surface area contributed by atoms with Crippen LogP contribution in [0.1, 0.15) is 17.5 Å². The van der Waals surface area contributed by atoms with E-state index in [0.717, 1.165) is 28.0 Å². The number of carboxylic acid groups (broad SMARTS) is 1. The molecule has 0 saturated carbocycles. The van der Waals surface area contributed by atoms with E-state index in [-0.39, 0.29) is 6.42 Å². The fourth-order valence-electron chi connectivity index (χ4n) is 3.61. The van der Waals surface area contributed by atoms with E-state index in [1.807, 2.05) is 48.5 Å². The Morgan fingerprint density at radius 1 is 1.07 bits per heavy atom. The lowest BCUT2D eigenvalue weighted by Gasteiger charge is -2.40. The first kappa shape index (κ1) is 19.9. The Hall–Kier alpha value is -3.38. The van der Waals surface area contributed by atoms with E-state index in [1.165, 1.54) is 0 Å². The maximum absolute atomic E-state index is 11.2. The molecular weight excluding hydrogens is 382 g/mol. The molecule has 1 aliphatic rings. The molecule has 2 aromatic carbocycles. The molecule has 1 aromatic heterocycles. The fourth-order valence-corrected chi connectivity index (χ4v) is 3.61. The number of hydrogen-bond donors (Lipinski definition) is 1. The van der Waals surface area contributed by atoms with Gasteiger partial charge in [0, 0.05) is 11.8 Å². The van der Waals surface area contributed by atoms with Crippen LogP contribution >= 0.6 is 0 Å². The molecule has 3 aromatic rings. The molecule has 0 unspecified atom stereocenters. The van der Waals surface area contributed by atoms with Crippen LogP contribution in [0.15, 0.2) is 67.0 Å². The second-order valence-electron chi connectivity index (χ2n) is 7.47. The third-order valence-electron chi connectivity index (χ3n) is 5.33. The zero-order chi connectivity index (χ0) is 21.0. The number of ether oxygens (including phenoxy) is 3. The normalized spacial score (nSPS) is 14.6. The van der Waals surface area contributed by atoms with Gasteiger partial charge in [-0.2, -0.15) is 0 Å². The first-order chi connectivity index (χ1) is 14.6. The largest absolute Gasteiger partial charge is 0.495 e. The molecule has 0 radical (unpaired) electrons. The Morgan fingerprint density at radius 2 is 1.87 bits per heavy atom. The monoisotopic (exact) mass is 405 g/mol. The second kappa shape index (κ2) is 8.55. The summed E-state index contributed by atoms with van der Waals surface area (Å²) >= 11 is 0. The van der Waals surface area contributed by atoms with Gasteiger partial charge in [-0.15, -0.1) is 0 Å². The molecule has 0 spiro atoms. The topological polar surface area (TPSA) is 77.9 Å². The van der Waals surface area contributed by atoms with Crippen LogP contribution in [0.3, 0.4) is 0 Å². The van der Waals surface area contributed by atoms with Crippen molar-refractivity contribution in [2.24, 2.45) is 0 Å². The van der Waals surface area contributed by atoms with Gasteiger partial charge in [0.25, 0.3) is 0 Å². The van der Waals surface area contributed by atoms with Gasteiger partial charge in [-0.1, -0.05) is 30.3 Å². The van der Waals surface area contributed by atoms with Gasteiger partial charge in [0.15, 0.2) is 0 Å². The zero-order valence-electron chi connectivity index (χ0n) is 16.7. The highest BCUT2D eigenvalue weighted by Crippen LogP contribution is 2.36. The van der Waals surface area contributed by atoms with E-state index >= 15 is 0 Å². The van der Waals surface area contributed by atoms with Crippen molar-refractivity contribution in [2.45, 2.75) is 18.4 Å². The Morgan fingerprint density at radius 3 is 2.53 bits per heavy atom. The van der Waals surface area contributed by atoms with Crippen LogP contribution in [-0.2, 0) is 21.6 Å². The summed E-state index contributed by atoms with van der Waals surface area (Å²) in [5, 5.41) is 9.18. The average Bonchev–Trinajstić information content (AvgIpc) is 2.75. The molecule has 154 valence electrons. The van der Waals surface area contributed by atoms with Crippen LogP contribution < -0.4 is 9.47 Å². The Bertz CT molecular complexity index is 1030. The first-order valence-corrected chi connectivity index (χ1v) is 9.69. The molecular formula is C24H23NO5. The van der Waals surface area contributed by atoms with Crippen LogP contribution in [0.25, 0.3) is 11.1 Å². The molecule has 1 fully saturated rings. The van der Waals surface area contributed by atoms with Gasteiger partial charge >= 0.3 is 5.97 Å². The van der Waals surface area contributed by atoms with Crippen LogP contribution in [0.4, 0.5) is 0 Å². The van der Waals surface area contributed by atoms with Crippen LogP contribution in [-0.4, -0.2) is 36.4 Å². The molecule has 6 nitrogen and oxygen atoms in total. The third kappa shape index (κ3) is 4.28. The summed E-state index contributed by atoms with van der Waals surface area (Å²) in [6, 6.07) is 17.7. The van der Waals surface area contributed by atoms with E-state index in [9.17, 15) is 9.90 Å². The Labute approximate surface area is 175 Å². The lowest BCUT2D eigenvalue weighted by molar-refractivity contribution is -0.145. The van der Waals surface area contributed by atoms with Crippen LogP contribution in [0.5, 0.6) is 11.5 Å². The van der Waals surface area contributed by atoms with Crippen molar-refractivity contribution >= 4 is 5.97 Å². The molecule has 0 atom stereocenters. The van der Waals surface area contributed by atoms with E-state index in [2.05, 4.69) is 11.1 Å². The Balaban J connectivity index is 1.43. The Kier molecular flexibility index (Phi) is 5.68. The maximum Gasteiger partial charge on any atom is 0.304 e.